The van der Waals surface area contributed by atoms with E-state index < -0.39 is 0 Å². The maximum absolute atomic E-state index is 5.53. The highest BCUT2D eigenvalue weighted by molar-refractivity contribution is 4.99. The van der Waals surface area contributed by atoms with Gasteiger partial charge >= 0.3 is 0 Å². The number of nitrogens with zero attached hydrogens (tertiary/aromatic N) is 2. The van der Waals surface area contributed by atoms with Gasteiger partial charge in [-0.1, -0.05) is 0 Å². The van der Waals surface area contributed by atoms with Crippen molar-refractivity contribution in [3.05, 3.63) is 17.8 Å². The van der Waals surface area contributed by atoms with E-state index in [1.807, 2.05) is 13.1 Å². The largest absolute Gasteiger partial charge is 0.446 e. The van der Waals surface area contributed by atoms with Gasteiger partial charge in [0.1, 0.15) is 5.76 Å². The van der Waals surface area contributed by atoms with Crippen molar-refractivity contribution in [2.45, 2.75) is 25.7 Å². The van der Waals surface area contributed by atoms with Gasteiger partial charge in [-0.3, -0.25) is 0 Å². The van der Waals surface area contributed by atoms with Crippen LogP contribution in [0.5, 0.6) is 0 Å². The van der Waals surface area contributed by atoms with Gasteiger partial charge in [-0.15, -0.1) is 0 Å². The molecule has 3 nitrogen and oxygen atoms in total. The highest BCUT2D eigenvalue weighted by Gasteiger charge is 2.22. The second-order valence-corrected chi connectivity index (χ2v) is 3.91. The molecular weight excluding hydrogens is 164 g/mol. The minimum Gasteiger partial charge on any atom is -0.446 e. The first-order valence-corrected chi connectivity index (χ1v) is 4.86. The number of hydrogen-bond acceptors (Lipinski definition) is 3. The molecule has 72 valence electrons. The van der Waals surface area contributed by atoms with Crippen LogP contribution in [0.15, 0.2) is 10.6 Å². The third kappa shape index (κ3) is 1.91. The molecule has 3 heteroatoms. The molecule has 1 saturated heterocycles. The lowest BCUT2D eigenvalue weighted by molar-refractivity contribution is 0.229. The summed E-state index contributed by atoms with van der Waals surface area (Å²) >= 11 is 0. The van der Waals surface area contributed by atoms with Gasteiger partial charge in [0, 0.05) is 12.5 Å². The Balaban J connectivity index is 2.08. The fraction of sp³-hybridized carbons (Fsp3) is 0.700. The number of oxazole rings is 1. The van der Waals surface area contributed by atoms with Crippen LogP contribution in [0.4, 0.5) is 0 Å². The topological polar surface area (TPSA) is 29.3 Å². The van der Waals surface area contributed by atoms with Gasteiger partial charge in [0.25, 0.3) is 0 Å². The van der Waals surface area contributed by atoms with Crippen LogP contribution < -0.4 is 0 Å². The van der Waals surface area contributed by atoms with E-state index in [0.29, 0.717) is 5.92 Å². The Morgan fingerprint density at radius 3 is 3.08 bits per heavy atom. The minimum atomic E-state index is 0.507. The van der Waals surface area contributed by atoms with Gasteiger partial charge in [-0.05, 0) is 33.4 Å². The third-order valence-corrected chi connectivity index (χ3v) is 2.61. The normalized spacial score (nSPS) is 24.9. The zero-order valence-electron chi connectivity index (χ0n) is 8.29. The number of piperidine rings is 1. The van der Waals surface area contributed by atoms with Crippen molar-refractivity contribution in [2.24, 2.45) is 0 Å². The molecule has 2 heterocycles. The van der Waals surface area contributed by atoms with Crippen molar-refractivity contribution in [3.63, 3.8) is 0 Å². The van der Waals surface area contributed by atoms with E-state index in [4.69, 9.17) is 4.42 Å². The van der Waals surface area contributed by atoms with Crippen LogP contribution >= 0.6 is 0 Å². The first kappa shape index (κ1) is 8.75. The summed E-state index contributed by atoms with van der Waals surface area (Å²) < 4.78 is 5.53. The summed E-state index contributed by atoms with van der Waals surface area (Å²) in [5, 5.41) is 0. The molecule has 0 amide bonds. The standard InChI is InChI=1S/C10H16N2O/c1-8-6-11-10(13-8)9-4-3-5-12(2)7-9/h6,9H,3-5,7H2,1-2H3. The van der Waals surface area contributed by atoms with Crippen LogP contribution in [0, 0.1) is 6.92 Å². The highest BCUT2D eigenvalue weighted by Crippen LogP contribution is 2.25. The van der Waals surface area contributed by atoms with Crippen molar-refractivity contribution < 1.29 is 4.42 Å². The molecule has 2 rings (SSSR count). The van der Waals surface area contributed by atoms with E-state index in [1.165, 1.54) is 19.4 Å². The molecule has 0 N–H and O–H groups in total. The number of aromatic nitrogens is 1. The molecule has 0 radical (unpaired) electrons. The summed E-state index contributed by atoms with van der Waals surface area (Å²) in [5.74, 6) is 2.35. The molecule has 1 aliphatic heterocycles. The van der Waals surface area contributed by atoms with E-state index in [2.05, 4.69) is 16.9 Å². The van der Waals surface area contributed by atoms with Crippen LogP contribution in [0.1, 0.15) is 30.4 Å². The lowest BCUT2D eigenvalue weighted by Gasteiger charge is -2.27. The minimum absolute atomic E-state index is 0.507. The Morgan fingerprint density at radius 1 is 1.62 bits per heavy atom. The molecule has 13 heavy (non-hydrogen) atoms. The van der Waals surface area contributed by atoms with Crippen LogP contribution in [-0.2, 0) is 0 Å². The average molecular weight is 180 g/mol. The van der Waals surface area contributed by atoms with Gasteiger partial charge < -0.3 is 9.32 Å². The molecule has 0 aromatic carbocycles. The van der Waals surface area contributed by atoms with Crippen molar-refractivity contribution in [3.8, 4) is 0 Å². The molecule has 0 spiro atoms. The van der Waals surface area contributed by atoms with Crippen molar-refractivity contribution in [1.82, 2.24) is 9.88 Å². The van der Waals surface area contributed by atoms with Crippen molar-refractivity contribution in [2.75, 3.05) is 20.1 Å². The Kier molecular flexibility index (Phi) is 2.36. The molecular formula is C10H16N2O. The Hall–Kier alpha value is -0.830. The molecule has 0 bridgehead atoms. The molecule has 1 fully saturated rings. The Morgan fingerprint density at radius 2 is 2.46 bits per heavy atom. The molecule has 1 aromatic heterocycles. The van der Waals surface area contributed by atoms with E-state index in [9.17, 15) is 0 Å². The van der Waals surface area contributed by atoms with E-state index in [1.54, 1.807) is 0 Å². The zero-order valence-corrected chi connectivity index (χ0v) is 8.29. The zero-order chi connectivity index (χ0) is 9.26. The summed E-state index contributed by atoms with van der Waals surface area (Å²) in [4.78, 5) is 6.62. The van der Waals surface area contributed by atoms with Gasteiger partial charge in [-0.25, -0.2) is 4.98 Å². The average Bonchev–Trinajstić information content (AvgIpc) is 2.52. The predicted molar refractivity (Wildman–Crippen MR) is 50.7 cm³/mol. The number of likely N-dealkylation sites (tertiary alicyclic amines) is 1. The highest BCUT2D eigenvalue weighted by atomic mass is 16.4. The fourth-order valence-electron chi connectivity index (χ4n) is 1.93. The number of rotatable bonds is 1. The van der Waals surface area contributed by atoms with Gasteiger partial charge in [-0.2, -0.15) is 0 Å². The summed E-state index contributed by atoms with van der Waals surface area (Å²) in [7, 11) is 2.15. The smallest absolute Gasteiger partial charge is 0.198 e. The van der Waals surface area contributed by atoms with Gasteiger partial charge in [0.2, 0.25) is 0 Å². The van der Waals surface area contributed by atoms with Gasteiger partial charge in [0.15, 0.2) is 5.89 Å². The third-order valence-electron chi connectivity index (χ3n) is 2.61. The molecule has 1 unspecified atom stereocenters. The predicted octanol–water partition coefficient (Wildman–Crippen LogP) is 1.79. The number of likely N-dealkylation sites (N-methyl/N-ethyl adjacent to an activating group) is 1. The van der Waals surface area contributed by atoms with Crippen LogP contribution in [0.25, 0.3) is 0 Å². The van der Waals surface area contributed by atoms with E-state index >= 15 is 0 Å². The van der Waals surface area contributed by atoms with Crippen LogP contribution in [0.2, 0.25) is 0 Å². The van der Waals surface area contributed by atoms with Crippen molar-refractivity contribution in [1.29, 1.82) is 0 Å². The lowest BCUT2D eigenvalue weighted by atomic mass is 9.99. The summed E-state index contributed by atoms with van der Waals surface area (Å²) in [6, 6.07) is 0. The number of hydrogen-bond donors (Lipinski definition) is 0. The second-order valence-electron chi connectivity index (χ2n) is 3.91. The number of aryl methyl sites for hydroxylation is 1. The molecule has 1 aromatic rings. The first-order chi connectivity index (χ1) is 6.25. The summed E-state index contributed by atoms with van der Waals surface area (Å²) in [6.07, 6.45) is 4.27. The second kappa shape index (κ2) is 3.50. The Bertz CT molecular complexity index is 282. The van der Waals surface area contributed by atoms with E-state index in [-0.39, 0.29) is 0 Å². The van der Waals surface area contributed by atoms with Crippen molar-refractivity contribution >= 4 is 0 Å². The summed E-state index contributed by atoms with van der Waals surface area (Å²) in [6.45, 7) is 4.24. The van der Waals surface area contributed by atoms with E-state index in [0.717, 1.165) is 18.2 Å². The summed E-state index contributed by atoms with van der Waals surface area (Å²) in [5.41, 5.74) is 0. The quantitative estimate of drug-likeness (QED) is 0.660. The molecule has 0 aliphatic carbocycles. The Labute approximate surface area is 78.8 Å². The first-order valence-electron chi connectivity index (χ1n) is 4.86. The SMILES string of the molecule is Cc1cnc(C2CCCN(C)C2)o1. The monoisotopic (exact) mass is 180 g/mol. The van der Waals surface area contributed by atoms with Crippen LogP contribution in [-0.4, -0.2) is 30.0 Å². The lowest BCUT2D eigenvalue weighted by Crippen LogP contribution is -2.30. The van der Waals surface area contributed by atoms with Gasteiger partial charge in [0.05, 0.1) is 6.20 Å². The maximum atomic E-state index is 5.53. The molecule has 1 aliphatic rings. The maximum Gasteiger partial charge on any atom is 0.198 e. The van der Waals surface area contributed by atoms with Crippen LogP contribution in [0.3, 0.4) is 0 Å². The molecule has 1 atom stereocenters. The fourth-order valence-corrected chi connectivity index (χ4v) is 1.93. The molecule has 0 saturated carbocycles.